The van der Waals surface area contributed by atoms with Gasteiger partial charge in [-0.3, -0.25) is 14.7 Å². The Kier molecular flexibility index (Phi) is 5.75. The number of rotatable bonds is 4. The van der Waals surface area contributed by atoms with Gasteiger partial charge in [-0.05, 0) is 65.8 Å². The Balaban J connectivity index is 1.71. The van der Waals surface area contributed by atoms with Gasteiger partial charge in [0, 0.05) is 37.3 Å². The number of aromatic amines is 1. The van der Waals surface area contributed by atoms with Crippen LogP contribution >= 0.6 is 22.6 Å². The zero-order valence-electron chi connectivity index (χ0n) is 14.6. The highest BCUT2D eigenvalue weighted by atomic mass is 127. The summed E-state index contributed by atoms with van der Waals surface area (Å²) in [5, 5.41) is 7.17. The highest BCUT2D eigenvalue weighted by Crippen LogP contribution is 2.29. The van der Waals surface area contributed by atoms with Crippen molar-refractivity contribution < 1.29 is 9.59 Å². The van der Waals surface area contributed by atoms with Crippen LogP contribution in [0.3, 0.4) is 0 Å². The smallest absolute Gasteiger partial charge is 0.253 e. The van der Waals surface area contributed by atoms with Gasteiger partial charge in [-0.25, -0.2) is 0 Å². The molecule has 3 rings (SSSR count). The van der Waals surface area contributed by atoms with E-state index in [1.807, 2.05) is 11.1 Å². The molecule has 1 aliphatic heterocycles. The van der Waals surface area contributed by atoms with Gasteiger partial charge in [-0.1, -0.05) is 6.58 Å². The summed E-state index contributed by atoms with van der Waals surface area (Å²) in [5.41, 5.74) is 2.48. The van der Waals surface area contributed by atoms with Crippen LogP contribution in [-0.4, -0.2) is 47.0 Å². The predicted molar refractivity (Wildman–Crippen MR) is 109 cm³/mol. The van der Waals surface area contributed by atoms with E-state index in [-0.39, 0.29) is 17.7 Å². The molecule has 1 aliphatic rings. The summed E-state index contributed by atoms with van der Waals surface area (Å²) in [4.78, 5) is 28.0. The topological polar surface area (TPSA) is 69.3 Å². The van der Waals surface area contributed by atoms with Crippen LogP contribution in [0.5, 0.6) is 0 Å². The summed E-state index contributed by atoms with van der Waals surface area (Å²) in [7, 11) is 1.68. The first-order valence-corrected chi connectivity index (χ1v) is 9.57. The normalized spacial score (nSPS) is 17.0. The Morgan fingerprint density at radius 1 is 1.38 bits per heavy atom. The molecular formula is C19H21IN4O2. The molecule has 2 heterocycles. The number of halogens is 1. The predicted octanol–water partition coefficient (Wildman–Crippen LogP) is 3.18. The van der Waals surface area contributed by atoms with Gasteiger partial charge in [-0.15, -0.1) is 0 Å². The molecule has 1 fully saturated rings. The van der Waals surface area contributed by atoms with E-state index in [4.69, 9.17) is 0 Å². The molecule has 0 bridgehead atoms. The van der Waals surface area contributed by atoms with Gasteiger partial charge in [-0.2, -0.15) is 5.10 Å². The van der Waals surface area contributed by atoms with E-state index >= 15 is 0 Å². The molecule has 0 spiro atoms. The Morgan fingerprint density at radius 2 is 2.12 bits per heavy atom. The minimum atomic E-state index is -0.183. The van der Waals surface area contributed by atoms with Crippen molar-refractivity contribution in [3.8, 4) is 0 Å². The fraction of sp³-hybridized carbons (Fsp3) is 0.316. The summed E-state index contributed by atoms with van der Waals surface area (Å²) < 4.78 is 1.11. The first kappa shape index (κ1) is 18.6. The number of hydrogen-bond acceptors (Lipinski definition) is 3. The number of hydrogen-bond donors (Lipinski definition) is 1. The van der Waals surface area contributed by atoms with Gasteiger partial charge in [0.05, 0.1) is 15.5 Å². The molecule has 0 radical (unpaired) electrons. The number of anilines is 1. The monoisotopic (exact) mass is 464 g/mol. The van der Waals surface area contributed by atoms with Crippen LogP contribution in [0.15, 0.2) is 43.1 Å². The van der Waals surface area contributed by atoms with Crippen molar-refractivity contribution in [2.75, 3.05) is 25.0 Å². The van der Waals surface area contributed by atoms with Gasteiger partial charge in [0.2, 0.25) is 5.91 Å². The summed E-state index contributed by atoms with van der Waals surface area (Å²) in [6, 6.07) is 7.12. The van der Waals surface area contributed by atoms with E-state index in [0.717, 1.165) is 34.3 Å². The number of nitrogens with zero attached hydrogens (tertiary/aromatic N) is 3. The fourth-order valence-corrected chi connectivity index (χ4v) is 3.94. The number of benzene rings is 1. The SMILES string of the molecule is C=CC(=O)N(C)c1ccc(C(=O)N2CCCC(c3[nH]ncc3I)C2)cc1. The Hall–Kier alpha value is -2.16. The molecule has 1 atom stereocenters. The van der Waals surface area contributed by atoms with Gasteiger partial charge >= 0.3 is 0 Å². The molecule has 6 nitrogen and oxygen atoms in total. The Labute approximate surface area is 166 Å². The minimum Gasteiger partial charge on any atom is -0.338 e. The van der Waals surface area contributed by atoms with E-state index in [1.54, 1.807) is 31.3 Å². The van der Waals surface area contributed by atoms with Crippen LogP contribution < -0.4 is 4.90 Å². The molecule has 2 amide bonds. The number of amides is 2. The molecule has 1 saturated heterocycles. The molecule has 1 aromatic heterocycles. The van der Waals surface area contributed by atoms with Crippen molar-refractivity contribution in [1.29, 1.82) is 0 Å². The van der Waals surface area contributed by atoms with Crippen molar-refractivity contribution in [2.24, 2.45) is 0 Å². The van der Waals surface area contributed by atoms with E-state index < -0.39 is 0 Å². The molecule has 136 valence electrons. The molecule has 2 aromatic rings. The number of aromatic nitrogens is 2. The fourth-order valence-electron chi connectivity index (χ4n) is 3.24. The average molecular weight is 464 g/mol. The number of likely N-dealkylation sites (N-methyl/N-ethyl adjacent to an activating group) is 1. The highest BCUT2D eigenvalue weighted by Gasteiger charge is 2.27. The van der Waals surface area contributed by atoms with Crippen LogP contribution in [0.4, 0.5) is 5.69 Å². The second-order valence-corrected chi connectivity index (χ2v) is 7.53. The van der Waals surface area contributed by atoms with Crippen molar-refractivity contribution in [1.82, 2.24) is 15.1 Å². The maximum Gasteiger partial charge on any atom is 0.253 e. The molecule has 0 saturated carbocycles. The van der Waals surface area contributed by atoms with E-state index in [1.165, 1.54) is 11.0 Å². The maximum atomic E-state index is 12.9. The molecule has 7 heteroatoms. The molecule has 26 heavy (non-hydrogen) atoms. The lowest BCUT2D eigenvalue weighted by Gasteiger charge is -2.32. The number of piperidine rings is 1. The minimum absolute atomic E-state index is 0.0217. The number of nitrogens with one attached hydrogen (secondary N) is 1. The van der Waals surface area contributed by atoms with Gasteiger partial charge in [0.25, 0.3) is 5.91 Å². The lowest BCUT2D eigenvalue weighted by Crippen LogP contribution is -2.39. The molecule has 1 aromatic carbocycles. The van der Waals surface area contributed by atoms with Gasteiger partial charge < -0.3 is 9.80 Å². The average Bonchev–Trinajstić information content (AvgIpc) is 3.12. The summed E-state index contributed by atoms with van der Waals surface area (Å²) in [5.74, 6) is 0.128. The van der Waals surface area contributed by atoms with Crippen LogP contribution in [0.2, 0.25) is 0 Å². The standard InChI is InChI=1S/C19H21IN4O2/c1-3-17(25)23(2)15-8-6-13(7-9-15)19(26)24-10-4-5-14(12-24)18-16(20)11-21-22-18/h3,6-9,11,14H,1,4-5,10,12H2,2H3,(H,21,22). The molecule has 1 unspecified atom stereocenters. The Bertz CT molecular complexity index is 815. The number of H-pyrrole nitrogens is 1. The first-order chi connectivity index (χ1) is 12.5. The number of carbonyl (C=O) groups is 2. The lowest BCUT2D eigenvalue weighted by molar-refractivity contribution is -0.113. The van der Waals surface area contributed by atoms with Crippen molar-refractivity contribution in [3.05, 3.63) is 57.9 Å². The van der Waals surface area contributed by atoms with Crippen molar-refractivity contribution >= 4 is 40.1 Å². The molecule has 1 N–H and O–H groups in total. The number of carbonyl (C=O) groups excluding carboxylic acids is 2. The third-order valence-electron chi connectivity index (χ3n) is 4.74. The van der Waals surface area contributed by atoms with Crippen LogP contribution in [0, 0.1) is 3.57 Å². The van der Waals surface area contributed by atoms with E-state index in [9.17, 15) is 9.59 Å². The van der Waals surface area contributed by atoms with E-state index in [0.29, 0.717) is 12.1 Å². The summed E-state index contributed by atoms with van der Waals surface area (Å²) in [6.45, 7) is 4.94. The second-order valence-electron chi connectivity index (χ2n) is 6.37. The van der Waals surface area contributed by atoms with Crippen molar-refractivity contribution in [3.63, 3.8) is 0 Å². The molecule has 0 aliphatic carbocycles. The number of likely N-dealkylation sites (tertiary alicyclic amines) is 1. The quantitative estimate of drug-likeness (QED) is 0.559. The zero-order chi connectivity index (χ0) is 18.7. The largest absolute Gasteiger partial charge is 0.338 e. The summed E-state index contributed by atoms with van der Waals surface area (Å²) in [6.07, 6.45) is 5.11. The maximum absolute atomic E-state index is 12.9. The lowest BCUT2D eigenvalue weighted by atomic mass is 9.94. The Morgan fingerprint density at radius 3 is 2.73 bits per heavy atom. The van der Waals surface area contributed by atoms with Gasteiger partial charge in [0.15, 0.2) is 0 Å². The highest BCUT2D eigenvalue weighted by molar-refractivity contribution is 14.1. The van der Waals surface area contributed by atoms with Crippen molar-refractivity contribution in [2.45, 2.75) is 18.8 Å². The summed E-state index contributed by atoms with van der Waals surface area (Å²) >= 11 is 2.28. The van der Waals surface area contributed by atoms with Gasteiger partial charge in [0.1, 0.15) is 0 Å². The van der Waals surface area contributed by atoms with Crippen LogP contribution in [0.25, 0.3) is 0 Å². The third-order valence-corrected chi connectivity index (χ3v) is 5.60. The van der Waals surface area contributed by atoms with Crippen LogP contribution in [0.1, 0.15) is 34.8 Å². The second kappa shape index (κ2) is 8.03. The molecular weight excluding hydrogens is 443 g/mol. The third kappa shape index (κ3) is 3.82. The zero-order valence-corrected chi connectivity index (χ0v) is 16.8. The van der Waals surface area contributed by atoms with Crippen LogP contribution in [-0.2, 0) is 4.79 Å². The first-order valence-electron chi connectivity index (χ1n) is 8.49. The van der Waals surface area contributed by atoms with E-state index in [2.05, 4.69) is 39.4 Å².